The molecule has 0 bridgehead atoms. The first-order valence-electron chi connectivity index (χ1n) is 6.18. The van der Waals surface area contributed by atoms with Gasteiger partial charge in [0.15, 0.2) is 0 Å². The van der Waals surface area contributed by atoms with Crippen molar-refractivity contribution in [3.8, 4) is 0 Å². The number of benzene rings is 2. The number of furan rings is 1. The van der Waals surface area contributed by atoms with Crippen molar-refractivity contribution in [2.24, 2.45) is 5.84 Å². The maximum Gasteiger partial charge on any atom is 0.137 e. The molecule has 108 valence electrons. The summed E-state index contributed by atoms with van der Waals surface area (Å²) in [4.78, 5) is 0. The molecule has 0 spiro atoms. The zero-order valence-electron chi connectivity index (χ0n) is 10.7. The summed E-state index contributed by atoms with van der Waals surface area (Å²) in [6, 6.07) is 11.6. The van der Waals surface area contributed by atoms with Crippen molar-refractivity contribution in [3.63, 3.8) is 0 Å². The van der Waals surface area contributed by atoms with Crippen molar-refractivity contribution in [2.45, 2.75) is 6.04 Å². The lowest BCUT2D eigenvalue weighted by atomic mass is 10.0. The molecule has 3 rings (SSSR count). The smallest absolute Gasteiger partial charge is 0.137 e. The monoisotopic (exact) mass is 368 g/mol. The van der Waals surface area contributed by atoms with Crippen molar-refractivity contribution < 1.29 is 8.81 Å². The number of rotatable bonds is 3. The molecule has 0 aliphatic rings. The second kappa shape index (κ2) is 5.77. The first-order valence-corrected chi connectivity index (χ1v) is 7.35. The Kier molecular flexibility index (Phi) is 3.99. The molecule has 1 atom stereocenters. The standard InChI is InChI=1S/C15H11BrClFN2O/c16-11-6-8(1-3-12(11)18)15(20-19)14-7-9-5-10(17)2-4-13(9)21-14/h1-7,15,20H,19H2. The number of halogens is 3. The summed E-state index contributed by atoms with van der Waals surface area (Å²) in [5, 5.41) is 1.52. The third-order valence-corrected chi connectivity index (χ3v) is 4.07. The third kappa shape index (κ3) is 2.82. The van der Waals surface area contributed by atoms with Gasteiger partial charge in [-0.2, -0.15) is 0 Å². The van der Waals surface area contributed by atoms with Gasteiger partial charge >= 0.3 is 0 Å². The van der Waals surface area contributed by atoms with Gasteiger partial charge < -0.3 is 4.42 Å². The van der Waals surface area contributed by atoms with Crippen molar-refractivity contribution >= 4 is 38.5 Å². The topological polar surface area (TPSA) is 51.2 Å². The van der Waals surface area contributed by atoms with Gasteiger partial charge in [-0.15, -0.1) is 0 Å². The van der Waals surface area contributed by atoms with E-state index < -0.39 is 0 Å². The van der Waals surface area contributed by atoms with Crippen LogP contribution < -0.4 is 11.3 Å². The SMILES string of the molecule is NNC(c1ccc(F)c(Br)c1)c1cc2cc(Cl)ccc2o1. The molecular formula is C15H11BrClFN2O. The number of fused-ring (bicyclic) bond motifs is 1. The van der Waals surface area contributed by atoms with Crippen LogP contribution in [-0.2, 0) is 0 Å². The number of hydrazine groups is 1. The van der Waals surface area contributed by atoms with Gasteiger partial charge in [0.05, 0.1) is 4.47 Å². The fourth-order valence-electron chi connectivity index (χ4n) is 2.21. The summed E-state index contributed by atoms with van der Waals surface area (Å²) in [6.07, 6.45) is 0. The van der Waals surface area contributed by atoms with Crippen molar-refractivity contribution in [1.29, 1.82) is 0 Å². The highest BCUT2D eigenvalue weighted by atomic mass is 79.9. The van der Waals surface area contributed by atoms with Crippen molar-refractivity contribution in [2.75, 3.05) is 0 Å². The highest BCUT2D eigenvalue weighted by molar-refractivity contribution is 9.10. The molecule has 21 heavy (non-hydrogen) atoms. The van der Waals surface area contributed by atoms with E-state index in [0.717, 1.165) is 16.5 Å². The van der Waals surface area contributed by atoms with Gasteiger partial charge in [0, 0.05) is 10.4 Å². The first kappa shape index (κ1) is 14.5. The van der Waals surface area contributed by atoms with Crippen LogP contribution in [0.25, 0.3) is 11.0 Å². The molecule has 0 fully saturated rings. The summed E-state index contributed by atoms with van der Waals surface area (Å²) in [5.41, 5.74) is 4.19. The Morgan fingerprint density at radius 1 is 1.19 bits per heavy atom. The second-order valence-corrected chi connectivity index (χ2v) is 5.89. The van der Waals surface area contributed by atoms with Gasteiger partial charge in [-0.1, -0.05) is 17.7 Å². The molecule has 3 aromatic rings. The summed E-state index contributed by atoms with van der Waals surface area (Å²) in [5.74, 6) is 5.94. The summed E-state index contributed by atoms with van der Waals surface area (Å²) in [7, 11) is 0. The van der Waals surface area contributed by atoms with Gasteiger partial charge in [-0.05, 0) is 57.9 Å². The van der Waals surface area contributed by atoms with Gasteiger partial charge in [0.25, 0.3) is 0 Å². The van der Waals surface area contributed by atoms with E-state index in [1.807, 2.05) is 12.1 Å². The summed E-state index contributed by atoms with van der Waals surface area (Å²) in [6.45, 7) is 0. The Hall–Kier alpha value is -1.40. The van der Waals surface area contributed by atoms with Crippen LogP contribution in [0.2, 0.25) is 5.02 Å². The van der Waals surface area contributed by atoms with Crippen LogP contribution in [0, 0.1) is 5.82 Å². The number of hydrogen-bond acceptors (Lipinski definition) is 3. The molecule has 2 aromatic carbocycles. The number of nitrogens with two attached hydrogens (primary N) is 1. The van der Waals surface area contributed by atoms with Crippen LogP contribution in [0.4, 0.5) is 4.39 Å². The molecular weight excluding hydrogens is 359 g/mol. The van der Waals surface area contributed by atoms with E-state index in [0.29, 0.717) is 15.3 Å². The molecule has 3 N–H and O–H groups in total. The van der Waals surface area contributed by atoms with Crippen LogP contribution in [0.15, 0.2) is 51.4 Å². The van der Waals surface area contributed by atoms with Gasteiger partial charge in [0.2, 0.25) is 0 Å². The van der Waals surface area contributed by atoms with E-state index in [1.54, 1.807) is 24.3 Å². The Balaban J connectivity index is 2.06. The Bertz CT molecular complexity index is 805. The van der Waals surface area contributed by atoms with Crippen LogP contribution >= 0.6 is 27.5 Å². The lowest BCUT2D eigenvalue weighted by Gasteiger charge is -2.14. The molecule has 0 aliphatic heterocycles. The van der Waals surface area contributed by atoms with Gasteiger partial charge in [0.1, 0.15) is 23.2 Å². The molecule has 1 unspecified atom stereocenters. The average Bonchev–Trinajstić information content (AvgIpc) is 2.86. The van der Waals surface area contributed by atoms with E-state index in [-0.39, 0.29) is 11.9 Å². The minimum absolute atomic E-state index is 0.328. The predicted molar refractivity (Wildman–Crippen MR) is 84.5 cm³/mol. The Labute approximate surface area is 134 Å². The van der Waals surface area contributed by atoms with E-state index in [2.05, 4.69) is 21.4 Å². The normalized spacial score (nSPS) is 12.8. The molecule has 0 radical (unpaired) electrons. The molecule has 0 saturated carbocycles. The molecule has 0 amide bonds. The van der Waals surface area contributed by atoms with E-state index in [1.165, 1.54) is 6.07 Å². The molecule has 6 heteroatoms. The highest BCUT2D eigenvalue weighted by Crippen LogP contribution is 2.31. The highest BCUT2D eigenvalue weighted by Gasteiger charge is 2.18. The number of hydrogen-bond donors (Lipinski definition) is 2. The number of nitrogens with one attached hydrogen (secondary N) is 1. The molecule has 3 nitrogen and oxygen atoms in total. The molecule has 1 heterocycles. The van der Waals surface area contributed by atoms with Crippen LogP contribution in [-0.4, -0.2) is 0 Å². The van der Waals surface area contributed by atoms with E-state index >= 15 is 0 Å². The van der Waals surface area contributed by atoms with Crippen LogP contribution in [0.5, 0.6) is 0 Å². The van der Waals surface area contributed by atoms with E-state index in [9.17, 15) is 4.39 Å². The second-order valence-electron chi connectivity index (χ2n) is 4.60. The molecule has 0 aliphatic carbocycles. The third-order valence-electron chi connectivity index (χ3n) is 3.23. The Morgan fingerprint density at radius 3 is 2.71 bits per heavy atom. The quantitative estimate of drug-likeness (QED) is 0.526. The Morgan fingerprint density at radius 2 is 2.00 bits per heavy atom. The predicted octanol–water partition coefficient (Wildman–Crippen LogP) is 4.54. The fourth-order valence-corrected chi connectivity index (χ4v) is 2.79. The van der Waals surface area contributed by atoms with Crippen LogP contribution in [0.1, 0.15) is 17.4 Å². The van der Waals surface area contributed by atoms with Gasteiger partial charge in [-0.3, -0.25) is 5.84 Å². The maximum atomic E-state index is 13.3. The zero-order valence-corrected chi connectivity index (χ0v) is 13.1. The zero-order chi connectivity index (χ0) is 15.0. The fraction of sp³-hybridized carbons (Fsp3) is 0.0667. The first-order chi connectivity index (χ1) is 10.1. The summed E-state index contributed by atoms with van der Waals surface area (Å²) < 4.78 is 19.5. The lowest BCUT2D eigenvalue weighted by molar-refractivity contribution is 0.476. The largest absolute Gasteiger partial charge is 0.459 e. The lowest BCUT2D eigenvalue weighted by Crippen LogP contribution is -2.28. The minimum atomic E-state index is -0.381. The van der Waals surface area contributed by atoms with Crippen molar-refractivity contribution in [1.82, 2.24) is 5.43 Å². The summed E-state index contributed by atoms with van der Waals surface area (Å²) >= 11 is 9.14. The van der Waals surface area contributed by atoms with Gasteiger partial charge in [-0.25, -0.2) is 9.82 Å². The minimum Gasteiger partial charge on any atom is -0.459 e. The average molecular weight is 370 g/mol. The van der Waals surface area contributed by atoms with Crippen molar-refractivity contribution in [3.05, 3.63) is 69.1 Å². The maximum absolute atomic E-state index is 13.3. The molecule has 0 saturated heterocycles. The van der Waals surface area contributed by atoms with E-state index in [4.69, 9.17) is 21.9 Å². The molecule has 1 aromatic heterocycles. The van der Waals surface area contributed by atoms with Crippen LogP contribution in [0.3, 0.4) is 0 Å².